The fourth-order valence-electron chi connectivity index (χ4n) is 0.996. The van der Waals surface area contributed by atoms with E-state index in [4.69, 9.17) is 4.74 Å². The van der Waals surface area contributed by atoms with E-state index >= 15 is 0 Å². The van der Waals surface area contributed by atoms with Crippen LogP contribution in [0.4, 0.5) is 8.78 Å². The van der Waals surface area contributed by atoms with Gasteiger partial charge < -0.3 is 13.8 Å². The third kappa shape index (κ3) is 5.30. The lowest BCUT2D eigenvalue weighted by Crippen LogP contribution is -2.18. The second kappa shape index (κ2) is 7.78. The van der Waals surface area contributed by atoms with Crippen molar-refractivity contribution >= 4 is 30.2 Å². The molecule has 0 aromatic heterocycles. The van der Waals surface area contributed by atoms with E-state index in [9.17, 15) is 13.3 Å². The Morgan fingerprint density at radius 3 is 2.18 bits per heavy atom. The first-order valence-electron chi connectivity index (χ1n) is 4.96. The normalized spacial score (nSPS) is 14.1. The van der Waals surface area contributed by atoms with Crippen molar-refractivity contribution in [3.05, 3.63) is 9.66 Å². The lowest BCUT2D eigenvalue weighted by Gasteiger charge is -2.23. The van der Waals surface area contributed by atoms with Crippen LogP contribution in [-0.2, 0) is 18.3 Å². The Kier molecular flexibility index (Phi) is 7.98. The van der Waals surface area contributed by atoms with Gasteiger partial charge in [0.25, 0.3) is 0 Å². The van der Waals surface area contributed by atoms with Gasteiger partial charge in [0, 0.05) is 16.8 Å². The van der Waals surface area contributed by atoms with E-state index in [0.717, 1.165) is 0 Å². The van der Waals surface area contributed by atoms with Gasteiger partial charge in [-0.3, -0.25) is 4.57 Å². The van der Waals surface area contributed by atoms with Crippen molar-refractivity contribution in [3.63, 3.8) is 0 Å². The molecule has 8 heteroatoms. The number of hydrogen-bond donors (Lipinski definition) is 0. The SMILES string of the molecule is CCOP(=O)(OCC)C(F)(F)/C=C(/I)COC. The molecule has 17 heavy (non-hydrogen) atoms. The lowest BCUT2D eigenvalue weighted by atomic mass is 10.5. The molecule has 102 valence electrons. The van der Waals surface area contributed by atoms with Crippen LogP contribution in [-0.4, -0.2) is 32.6 Å². The zero-order valence-electron chi connectivity index (χ0n) is 9.91. The molecule has 0 bridgehead atoms. The molecule has 0 aromatic carbocycles. The Bertz CT molecular complexity index is 299. The molecule has 0 saturated heterocycles. The third-order valence-electron chi connectivity index (χ3n) is 1.58. The van der Waals surface area contributed by atoms with Crippen LogP contribution in [0.1, 0.15) is 13.8 Å². The van der Waals surface area contributed by atoms with Crippen LogP contribution in [0.2, 0.25) is 0 Å². The molecule has 4 nitrogen and oxygen atoms in total. The molecule has 0 aliphatic rings. The average molecular weight is 384 g/mol. The number of allylic oxidation sites excluding steroid dienone is 1. The quantitative estimate of drug-likeness (QED) is 0.472. The van der Waals surface area contributed by atoms with E-state index in [1.165, 1.54) is 21.0 Å². The molecule has 0 heterocycles. The minimum absolute atomic E-state index is 0.0222. The molecule has 0 unspecified atom stereocenters. The summed E-state index contributed by atoms with van der Waals surface area (Å²) >= 11 is 1.69. The topological polar surface area (TPSA) is 44.8 Å². The summed E-state index contributed by atoms with van der Waals surface area (Å²) in [5.74, 6) is 0. The summed E-state index contributed by atoms with van der Waals surface area (Å²) in [7, 11) is -3.09. The van der Waals surface area contributed by atoms with Crippen molar-refractivity contribution in [1.29, 1.82) is 0 Å². The highest BCUT2D eigenvalue weighted by Gasteiger charge is 2.51. The Hall–Kier alpha value is 0.440. The van der Waals surface area contributed by atoms with Crippen LogP contribution in [0, 0.1) is 0 Å². The zero-order valence-corrected chi connectivity index (χ0v) is 13.0. The molecule has 0 rings (SSSR count). The van der Waals surface area contributed by atoms with Gasteiger partial charge in [-0.1, -0.05) is 0 Å². The van der Waals surface area contributed by atoms with Gasteiger partial charge in [0.2, 0.25) is 0 Å². The highest BCUT2D eigenvalue weighted by molar-refractivity contribution is 14.1. The van der Waals surface area contributed by atoms with E-state index in [1.54, 1.807) is 22.6 Å². The minimum Gasteiger partial charge on any atom is -0.380 e. The van der Waals surface area contributed by atoms with E-state index in [0.29, 0.717) is 6.08 Å². The molecule has 0 aliphatic heterocycles. The summed E-state index contributed by atoms with van der Waals surface area (Å²) in [5, 5.41) is 0. The van der Waals surface area contributed by atoms with Crippen molar-refractivity contribution in [2.75, 3.05) is 26.9 Å². The third-order valence-corrected chi connectivity index (χ3v) is 4.25. The second-order valence-corrected chi connectivity index (χ2v) is 6.44. The lowest BCUT2D eigenvalue weighted by molar-refractivity contribution is 0.0784. The van der Waals surface area contributed by atoms with Crippen LogP contribution in [0.25, 0.3) is 0 Å². The van der Waals surface area contributed by atoms with Gasteiger partial charge in [0.1, 0.15) is 0 Å². The Balaban J connectivity index is 5.08. The summed E-state index contributed by atoms with van der Waals surface area (Å²) in [6.45, 7) is 2.76. The molecule has 0 fully saturated rings. The van der Waals surface area contributed by atoms with Crippen molar-refractivity contribution in [1.82, 2.24) is 0 Å². The number of rotatable bonds is 8. The highest BCUT2D eigenvalue weighted by Crippen LogP contribution is 2.62. The summed E-state index contributed by atoms with van der Waals surface area (Å²) in [5.41, 5.74) is -3.66. The largest absolute Gasteiger partial charge is 0.403 e. The van der Waals surface area contributed by atoms with E-state index in [1.807, 2.05) is 0 Å². The van der Waals surface area contributed by atoms with Crippen molar-refractivity contribution in [2.24, 2.45) is 0 Å². The number of alkyl halides is 2. The first-order valence-corrected chi connectivity index (χ1v) is 7.58. The smallest absolute Gasteiger partial charge is 0.380 e. The summed E-state index contributed by atoms with van der Waals surface area (Å²) in [4.78, 5) is 0. The van der Waals surface area contributed by atoms with Crippen LogP contribution < -0.4 is 0 Å². The Morgan fingerprint density at radius 2 is 1.82 bits per heavy atom. The van der Waals surface area contributed by atoms with E-state index < -0.39 is 13.3 Å². The van der Waals surface area contributed by atoms with Crippen LogP contribution >= 0.6 is 30.2 Å². The summed E-state index contributed by atoms with van der Waals surface area (Å²) in [6, 6.07) is 0. The number of halogens is 3. The second-order valence-electron chi connectivity index (χ2n) is 2.95. The number of ether oxygens (including phenoxy) is 1. The maximum absolute atomic E-state index is 13.8. The predicted octanol–water partition coefficient (Wildman–Crippen LogP) is 3.81. The summed E-state index contributed by atoms with van der Waals surface area (Å²) in [6.07, 6.45) is 0.559. The first-order chi connectivity index (χ1) is 7.83. The molecule has 0 aliphatic carbocycles. The molecule has 0 saturated carbocycles. The molecule has 0 spiro atoms. The predicted molar refractivity (Wildman–Crippen MR) is 69.8 cm³/mol. The first kappa shape index (κ1) is 17.4. The molecule has 0 amide bonds. The highest BCUT2D eigenvalue weighted by atomic mass is 127. The van der Waals surface area contributed by atoms with Gasteiger partial charge in [-0.15, -0.1) is 0 Å². The van der Waals surface area contributed by atoms with Gasteiger partial charge >= 0.3 is 13.3 Å². The maximum atomic E-state index is 13.8. The monoisotopic (exact) mass is 384 g/mol. The fourth-order valence-corrected chi connectivity index (χ4v) is 3.36. The minimum atomic E-state index is -4.47. The molecule has 0 aromatic rings. The molecule has 0 N–H and O–H groups in total. The van der Waals surface area contributed by atoms with Gasteiger partial charge in [-0.05, 0) is 36.4 Å². The molecular weight excluding hydrogens is 368 g/mol. The fraction of sp³-hybridized carbons (Fsp3) is 0.778. The standard InChI is InChI=1S/C9H16F2IO4P/c1-4-15-17(13,16-5-2)9(10,11)6-8(12)7-14-3/h6H,4-5,7H2,1-3H3/b8-6+. The van der Waals surface area contributed by atoms with Gasteiger partial charge in [-0.2, -0.15) is 8.78 Å². The van der Waals surface area contributed by atoms with Gasteiger partial charge in [-0.25, -0.2) is 0 Å². The van der Waals surface area contributed by atoms with E-state index in [-0.39, 0.29) is 23.4 Å². The van der Waals surface area contributed by atoms with Gasteiger partial charge in [0.05, 0.1) is 19.8 Å². The van der Waals surface area contributed by atoms with Gasteiger partial charge in [0.15, 0.2) is 0 Å². The van der Waals surface area contributed by atoms with Crippen LogP contribution in [0.5, 0.6) is 0 Å². The number of methoxy groups -OCH3 is 1. The van der Waals surface area contributed by atoms with Crippen molar-refractivity contribution < 1.29 is 27.1 Å². The molecular formula is C9H16F2IO4P. The summed E-state index contributed by atoms with van der Waals surface area (Å²) < 4.78 is 53.6. The Labute approximate surface area is 113 Å². The van der Waals surface area contributed by atoms with Crippen molar-refractivity contribution in [2.45, 2.75) is 19.5 Å². The van der Waals surface area contributed by atoms with Crippen LogP contribution in [0.3, 0.4) is 0 Å². The van der Waals surface area contributed by atoms with Crippen LogP contribution in [0.15, 0.2) is 9.66 Å². The maximum Gasteiger partial charge on any atom is 0.403 e. The zero-order chi connectivity index (χ0) is 13.5. The Morgan fingerprint density at radius 1 is 1.35 bits per heavy atom. The van der Waals surface area contributed by atoms with E-state index in [2.05, 4.69) is 9.05 Å². The number of hydrogen-bond acceptors (Lipinski definition) is 4. The molecule has 0 radical (unpaired) electrons. The average Bonchev–Trinajstić information content (AvgIpc) is 2.17. The molecule has 0 atom stereocenters. The van der Waals surface area contributed by atoms with Crippen molar-refractivity contribution in [3.8, 4) is 0 Å².